The molecule has 0 fully saturated rings. The van der Waals surface area contributed by atoms with Gasteiger partial charge in [0.1, 0.15) is 0 Å². The second-order valence-corrected chi connectivity index (χ2v) is 17.8. The summed E-state index contributed by atoms with van der Waals surface area (Å²) in [5.41, 5.74) is 0.657. The number of hydrogen-bond acceptors (Lipinski definition) is 4. The van der Waals surface area contributed by atoms with Crippen LogP contribution < -0.4 is 0 Å². The first-order valence-corrected chi connectivity index (χ1v) is 16.3. The molecule has 0 saturated heterocycles. The van der Waals surface area contributed by atoms with Crippen LogP contribution in [0.15, 0.2) is 11.6 Å². The molecule has 0 aromatic carbocycles. The van der Waals surface area contributed by atoms with Gasteiger partial charge in [-0.1, -0.05) is 19.9 Å². The van der Waals surface area contributed by atoms with E-state index in [9.17, 15) is 4.79 Å². The second kappa shape index (κ2) is 10.6. The van der Waals surface area contributed by atoms with Gasteiger partial charge < -0.3 is 13.6 Å². The molecule has 0 unspecified atom stereocenters. The highest BCUT2D eigenvalue weighted by Crippen LogP contribution is 2.26. The highest BCUT2D eigenvalue weighted by atomic mass is 28.4. The zero-order valence-corrected chi connectivity index (χ0v) is 20.1. The van der Waals surface area contributed by atoms with Crippen molar-refractivity contribution in [3.8, 4) is 0 Å². The zero-order chi connectivity index (χ0) is 19.8. The van der Waals surface area contributed by atoms with Gasteiger partial charge in [0.2, 0.25) is 0 Å². The summed E-state index contributed by atoms with van der Waals surface area (Å²) < 4.78 is 17.6. The fourth-order valence-electron chi connectivity index (χ4n) is 2.67. The summed E-state index contributed by atoms with van der Waals surface area (Å²) in [5.74, 6) is 0.276. The molecule has 0 N–H and O–H groups in total. The lowest BCUT2D eigenvalue weighted by Gasteiger charge is -2.34. The molecular weight excluding hydrogens is 348 g/mol. The smallest absolute Gasteiger partial charge is 0.333 e. The van der Waals surface area contributed by atoms with Gasteiger partial charge in [0, 0.05) is 18.1 Å². The lowest BCUT2D eigenvalue weighted by Crippen LogP contribution is -2.39. The number of hydrogen-bond donors (Lipinski definition) is 0. The van der Waals surface area contributed by atoms with E-state index in [4.69, 9.17) is 13.6 Å². The van der Waals surface area contributed by atoms with Crippen molar-refractivity contribution in [1.29, 1.82) is 0 Å². The van der Waals surface area contributed by atoms with E-state index in [1.54, 1.807) is 0 Å². The Hall–Kier alpha value is -0.436. The Morgan fingerprint density at radius 3 is 2.04 bits per heavy atom. The first-order chi connectivity index (χ1) is 11.3. The molecule has 0 radical (unpaired) electrons. The van der Waals surface area contributed by atoms with Crippen LogP contribution in [0.2, 0.25) is 39.3 Å². The summed E-state index contributed by atoms with van der Waals surface area (Å²) in [5, 5.41) is 0. The average molecular weight is 389 g/mol. The highest BCUT2D eigenvalue weighted by Gasteiger charge is 2.29. The van der Waals surface area contributed by atoms with E-state index >= 15 is 0 Å². The van der Waals surface area contributed by atoms with Crippen molar-refractivity contribution in [1.82, 2.24) is 0 Å². The summed E-state index contributed by atoms with van der Waals surface area (Å²) in [6.45, 7) is 22.4. The van der Waals surface area contributed by atoms with Gasteiger partial charge in [-0.05, 0) is 65.5 Å². The van der Waals surface area contributed by atoms with E-state index in [2.05, 4.69) is 53.1 Å². The summed E-state index contributed by atoms with van der Waals surface area (Å²) in [6.07, 6.45) is 3.05. The van der Waals surface area contributed by atoms with Gasteiger partial charge in [0.05, 0.1) is 12.7 Å². The molecule has 0 aliphatic carbocycles. The molecule has 0 aromatic rings. The molecule has 148 valence electrons. The van der Waals surface area contributed by atoms with E-state index in [1.165, 1.54) is 0 Å². The lowest BCUT2D eigenvalue weighted by atomic mass is 9.90. The Morgan fingerprint density at radius 1 is 1.04 bits per heavy atom. The first kappa shape index (κ1) is 24.6. The van der Waals surface area contributed by atoms with Crippen LogP contribution in [0.1, 0.15) is 34.1 Å². The predicted molar refractivity (Wildman–Crippen MR) is 111 cm³/mol. The van der Waals surface area contributed by atoms with Gasteiger partial charge in [-0.2, -0.15) is 0 Å². The fraction of sp³-hybridized carbons (Fsp3) is 0.842. The van der Waals surface area contributed by atoms with Crippen LogP contribution in [-0.2, 0) is 18.4 Å². The summed E-state index contributed by atoms with van der Waals surface area (Å²) in [7, 11) is -3.18. The topological polar surface area (TPSA) is 44.8 Å². The number of carbonyl (C=O) groups is 1. The van der Waals surface area contributed by atoms with Gasteiger partial charge in [-0.25, -0.2) is 4.79 Å². The monoisotopic (exact) mass is 388 g/mol. The van der Waals surface area contributed by atoms with Crippen LogP contribution in [0.5, 0.6) is 0 Å². The molecule has 0 aliphatic rings. The molecular formula is C19H40O4Si2. The zero-order valence-electron chi connectivity index (χ0n) is 18.1. The average Bonchev–Trinajstić information content (AvgIpc) is 2.42. The van der Waals surface area contributed by atoms with Crippen molar-refractivity contribution in [3.63, 3.8) is 0 Å². The molecule has 0 amide bonds. The Labute approximate surface area is 157 Å². The van der Waals surface area contributed by atoms with E-state index in [0.29, 0.717) is 18.1 Å². The number of ether oxygens (including phenoxy) is 1. The summed E-state index contributed by atoms with van der Waals surface area (Å²) in [6, 6.07) is 0. The summed E-state index contributed by atoms with van der Waals surface area (Å²) in [4.78, 5) is 11.9. The van der Waals surface area contributed by atoms with Crippen LogP contribution in [0.4, 0.5) is 0 Å². The van der Waals surface area contributed by atoms with Crippen molar-refractivity contribution >= 4 is 22.6 Å². The van der Waals surface area contributed by atoms with Crippen molar-refractivity contribution in [2.24, 2.45) is 11.8 Å². The first-order valence-electron chi connectivity index (χ1n) is 9.44. The highest BCUT2D eigenvalue weighted by molar-refractivity contribution is 6.70. The van der Waals surface area contributed by atoms with E-state index in [-0.39, 0.29) is 18.0 Å². The van der Waals surface area contributed by atoms with Gasteiger partial charge in [0.15, 0.2) is 16.6 Å². The molecule has 0 heterocycles. The molecule has 3 atom stereocenters. The Morgan fingerprint density at radius 2 is 1.60 bits per heavy atom. The molecule has 25 heavy (non-hydrogen) atoms. The number of rotatable bonds is 11. The van der Waals surface area contributed by atoms with Crippen molar-refractivity contribution in [2.45, 2.75) is 79.5 Å². The Bertz CT molecular complexity index is 436. The minimum atomic E-state index is -1.69. The second-order valence-electron chi connectivity index (χ2n) is 8.85. The van der Waals surface area contributed by atoms with Crippen molar-refractivity contribution < 1.29 is 18.4 Å². The minimum absolute atomic E-state index is 0.0845. The molecule has 4 nitrogen and oxygen atoms in total. The molecule has 0 spiro atoms. The van der Waals surface area contributed by atoms with Gasteiger partial charge in [0.25, 0.3) is 0 Å². The van der Waals surface area contributed by atoms with Gasteiger partial charge >= 0.3 is 5.97 Å². The Balaban J connectivity index is 5.08. The van der Waals surface area contributed by atoms with Crippen LogP contribution in [0.3, 0.4) is 0 Å². The standard InChI is InChI=1S/C19H40O4Si2/c1-11-21-19(20)17(4)14-16(3)18(23-25(8,9)10)15(2)12-13-22-24(5,6)7/h14-16,18H,11-13H2,1-10H3/b17-14+/t15-,16+,18-/m0/s1. The van der Waals surface area contributed by atoms with Gasteiger partial charge in [-0.15, -0.1) is 0 Å². The fourth-order valence-corrected chi connectivity index (χ4v) is 4.66. The summed E-state index contributed by atoms with van der Waals surface area (Å²) >= 11 is 0. The number of esters is 1. The van der Waals surface area contributed by atoms with Crippen LogP contribution in [-0.4, -0.2) is 41.9 Å². The maximum Gasteiger partial charge on any atom is 0.333 e. The third-order valence-electron chi connectivity index (χ3n) is 3.79. The maximum atomic E-state index is 11.9. The third kappa shape index (κ3) is 11.7. The molecule has 6 heteroatoms. The molecule has 0 rings (SSSR count). The largest absolute Gasteiger partial charge is 0.463 e. The third-order valence-corrected chi connectivity index (χ3v) is 5.84. The van der Waals surface area contributed by atoms with Crippen LogP contribution in [0, 0.1) is 11.8 Å². The quantitative estimate of drug-likeness (QED) is 0.276. The lowest BCUT2D eigenvalue weighted by molar-refractivity contribution is -0.138. The Kier molecular flexibility index (Phi) is 10.5. The minimum Gasteiger partial charge on any atom is -0.463 e. The molecule has 0 aromatic heterocycles. The van der Waals surface area contributed by atoms with Gasteiger partial charge in [-0.3, -0.25) is 0 Å². The predicted octanol–water partition coefficient (Wildman–Crippen LogP) is 5.23. The van der Waals surface area contributed by atoms with Crippen LogP contribution in [0.25, 0.3) is 0 Å². The van der Waals surface area contributed by atoms with Crippen LogP contribution >= 0.6 is 0 Å². The van der Waals surface area contributed by atoms with Crippen molar-refractivity contribution in [2.75, 3.05) is 13.2 Å². The van der Waals surface area contributed by atoms with E-state index in [1.807, 2.05) is 19.9 Å². The maximum absolute atomic E-state index is 11.9. The molecule has 0 aliphatic heterocycles. The normalized spacial score (nSPS) is 17.1. The molecule has 0 bridgehead atoms. The van der Waals surface area contributed by atoms with E-state index < -0.39 is 16.6 Å². The SMILES string of the molecule is CCOC(=O)/C(C)=C/[C@@H](C)[C@@H](O[Si](C)(C)C)[C@@H](C)CCO[Si](C)(C)C. The van der Waals surface area contributed by atoms with Crippen molar-refractivity contribution in [3.05, 3.63) is 11.6 Å². The van der Waals surface area contributed by atoms with E-state index in [0.717, 1.165) is 13.0 Å². The molecule has 0 saturated carbocycles. The number of carbonyl (C=O) groups excluding carboxylic acids is 1.